The van der Waals surface area contributed by atoms with Crippen LogP contribution in [-0.4, -0.2) is 11.1 Å². The zero-order chi connectivity index (χ0) is 15.2. The molecule has 0 aliphatic rings. The summed E-state index contributed by atoms with van der Waals surface area (Å²) in [5, 5.41) is 15.6. The molecular formula is C16H17ClN2O2. The van der Waals surface area contributed by atoms with E-state index in [1.54, 1.807) is 43.3 Å². The lowest BCUT2D eigenvalue weighted by atomic mass is 10.1. The molecule has 110 valence electrons. The molecule has 0 saturated heterocycles. The molecule has 0 saturated carbocycles. The Morgan fingerprint density at radius 2 is 2.00 bits per heavy atom. The molecule has 0 spiro atoms. The number of halogens is 1. The van der Waals surface area contributed by atoms with Gasteiger partial charge in [0, 0.05) is 17.3 Å². The normalized spacial score (nSPS) is 11.8. The molecule has 0 radical (unpaired) electrons. The third-order valence-electron chi connectivity index (χ3n) is 2.97. The lowest BCUT2D eigenvalue weighted by Gasteiger charge is -2.10. The van der Waals surface area contributed by atoms with Crippen LogP contribution in [0.4, 0.5) is 10.5 Å². The molecule has 0 aromatic heterocycles. The van der Waals surface area contributed by atoms with Gasteiger partial charge in [-0.1, -0.05) is 35.9 Å². The van der Waals surface area contributed by atoms with Crippen LogP contribution in [0, 0.1) is 0 Å². The molecule has 0 aliphatic heterocycles. The first kappa shape index (κ1) is 15.4. The zero-order valence-corrected chi connectivity index (χ0v) is 12.4. The molecule has 21 heavy (non-hydrogen) atoms. The summed E-state index contributed by atoms with van der Waals surface area (Å²) in [5.41, 5.74) is 2.31. The largest absolute Gasteiger partial charge is 0.389 e. The molecule has 3 N–H and O–H groups in total. The van der Waals surface area contributed by atoms with E-state index >= 15 is 0 Å². The molecule has 4 nitrogen and oxygen atoms in total. The Morgan fingerprint density at radius 1 is 1.24 bits per heavy atom. The first-order valence-electron chi connectivity index (χ1n) is 6.62. The van der Waals surface area contributed by atoms with Crippen molar-refractivity contribution in [3.8, 4) is 0 Å². The molecular weight excluding hydrogens is 288 g/mol. The number of amides is 2. The molecule has 2 aromatic carbocycles. The second-order valence-electron chi connectivity index (χ2n) is 4.74. The van der Waals surface area contributed by atoms with E-state index in [0.717, 1.165) is 11.1 Å². The van der Waals surface area contributed by atoms with Crippen molar-refractivity contribution in [3.63, 3.8) is 0 Å². The van der Waals surface area contributed by atoms with Crippen molar-refractivity contribution >= 4 is 23.3 Å². The third kappa shape index (κ3) is 4.77. The fourth-order valence-corrected chi connectivity index (χ4v) is 2.09. The van der Waals surface area contributed by atoms with Crippen molar-refractivity contribution in [2.75, 3.05) is 5.32 Å². The summed E-state index contributed by atoms with van der Waals surface area (Å²) in [6, 6.07) is 14.1. The third-order valence-corrected chi connectivity index (χ3v) is 3.20. The van der Waals surface area contributed by atoms with Crippen molar-refractivity contribution in [2.24, 2.45) is 0 Å². The minimum Gasteiger partial charge on any atom is -0.389 e. The molecule has 0 heterocycles. The smallest absolute Gasteiger partial charge is 0.319 e. The van der Waals surface area contributed by atoms with Gasteiger partial charge in [0.1, 0.15) is 0 Å². The van der Waals surface area contributed by atoms with E-state index < -0.39 is 6.10 Å². The topological polar surface area (TPSA) is 61.4 Å². The second kappa shape index (κ2) is 7.11. The highest BCUT2D eigenvalue weighted by molar-refractivity contribution is 6.30. The first-order chi connectivity index (χ1) is 10.0. The van der Waals surface area contributed by atoms with Gasteiger partial charge < -0.3 is 15.7 Å². The Hall–Kier alpha value is -2.04. The van der Waals surface area contributed by atoms with E-state index in [1.165, 1.54) is 0 Å². The highest BCUT2D eigenvalue weighted by Gasteiger charge is 2.05. The lowest BCUT2D eigenvalue weighted by Crippen LogP contribution is -2.28. The quantitative estimate of drug-likeness (QED) is 0.806. The van der Waals surface area contributed by atoms with Gasteiger partial charge >= 0.3 is 6.03 Å². The van der Waals surface area contributed by atoms with Crippen LogP contribution in [0.5, 0.6) is 0 Å². The number of carbonyl (C=O) groups excluding carboxylic acids is 1. The monoisotopic (exact) mass is 304 g/mol. The van der Waals surface area contributed by atoms with Gasteiger partial charge in [-0.05, 0) is 42.3 Å². The van der Waals surface area contributed by atoms with Crippen molar-refractivity contribution < 1.29 is 9.90 Å². The van der Waals surface area contributed by atoms with E-state index in [2.05, 4.69) is 10.6 Å². The number of nitrogens with one attached hydrogen (secondary N) is 2. The maximum Gasteiger partial charge on any atom is 0.319 e. The molecule has 1 unspecified atom stereocenters. The molecule has 5 heteroatoms. The van der Waals surface area contributed by atoms with E-state index in [0.29, 0.717) is 17.3 Å². The summed E-state index contributed by atoms with van der Waals surface area (Å²) < 4.78 is 0. The molecule has 0 bridgehead atoms. The molecule has 0 fully saturated rings. The number of aliphatic hydroxyl groups excluding tert-OH is 1. The molecule has 2 aromatic rings. The lowest BCUT2D eigenvalue weighted by molar-refractivity contribution is 0.199. The van der Waals surface area contributed by atoms with Crippen LogP contribution in [0.25, 0.3) is 0 Å². The Kier molecular flexibility index (Phi) is 5.20. The van der Waals surface area contributed by atoms with Crippen molar-refractivity contribution in [1.29, 1.82) is 0 Å². The number of carbonyl (C=O) groups is 1. The van der Waals surface area contributed by atoms with Crippen LogP contribution >= 0.6 is 11.6 Å². The Labute approximate surface area is 128 Å². The van der Waals surface area contributed by atoms with E-state index in [1.807, 2.05) is 12.1 Å². The minimum atomic E-state index is -0.568. The maximum atomic E-state index is 11.8. The Bertz CT molecular complexity index is 629. The van der Waals surface area contributed by atoms with Gasteiger partial charge in [0.2, 0.25) is 0 Å². The highest BCUT2D eigenvalue weighted by Crippen LogP contribution is 2.17. The van der Waals surface area contributed by atoms with Crippen LogP contribution in [0.3, 0.4) is 0 Å². The van der Waals surface area contributed by atoms with Gasteiger partial charge in [0.25, 0.3) is 0 Å². The average Bonchev–Trinajstić information content (AvgIpc) is 2.45. The number of hydrogen-bond acceptors (Lipinski definition) is 2. The van der Waals surface area contributed by atoms with Gasteiger partial charge in [0.05, 0.1) is 6.10 Å². The molecule has 1 atom stereocenters. The van der Waals surface area contributed by atoms with Crippen LogP contribution < -0.4 is 10.6 Å². The van der Waals surface area contributed by atoms with Crippen LogP contribution in [0.1, 0.15) is 24.2 Å². The van der Waals surface area contributed by atoms with Gasteiger partial charge in [-0.15, -0.1) is 0 Å². The molecule has 0 aliphatic carbocycles. The van der Waals surface area contributed by atoms with Crippen molar-refractivity contribution in [3.05, 3.63) is 64.7 Å². The Morgan fingerprint density at radius 3 is 2.71 bits per heavy atom. The number of hydrogen-bond donors (Lipinski definition) is 3. The van der Waals surface area contributed by atoms with E-state index in [-0.39, 0.29) is 6.03 Å². The second-order valence-corrected chi connectivity index (χ2v) is 5.18. The summed E-state index contributed by atoms with van der Waals surface area (Å²) in [6.45, 7) is 2.07. The standard InChI is InChI=1S/C16H17ClN2O2/c1-11(20)13-5-3-7-15(9-13)19-16(21)18-10-12-4-2-6-14(17)8-12/h2-9,11,20H,10H2,1H3,(H2,18,19,21). The average molecular weight is 305 g/mol. The predicted molar refractivity (Wildman–Crippen MR) is 84.4 cm³/mol. The summed E-state index contributed by atoms with van der Waals surface area (Å²) in [7, 11) is 0. The van der Waals surface area contributed by atoms with Crippen molar-refractivity contribution in [2.45, 2.75) is 19.6 Å². The van der Waals surface area contributed by atoms with Crippen LogP contribution in [0.15, 0.2) is 48.5 Å². The van der Waals surface area contributed by atoms with Gasteiger partial charge in [-0.3, -0.25) is 0 Å². The fraction of sp³-hybridized carbons (Fsp3) is 0.188. The summed E-state index contributed by atoms with van der Waals surface area (Å²) in [6.07, 6.45) is -0.568. The first-order valence-corrected chi connectivity index (χ1v) is 7.00. The number of rotatable bonds is 4. The predicted octanol–water partition coefficient (Wildman–Crippen LogP) is 3.72. The van der Waals surface area contributed by atoms with Crippen molar-refractivity contribution in [1.82, 2.24) is 5.32 Å². The number of urea groups is 1. The molecule has 2 rings (SSSR count). The zero-order valence-electron chi connectivity index (χ0n) is 11.6. The van der Waals surface area contributed by atoms with Gasteiger partial charge in [-0.2, -0.15) is 0 Å². The minimum absolute atomic E-state index is 0.308. The number of aliphatic hydroxyl groups is 1. The van der Waals surface area contributed by atoms with E-state index in [9.17, 15) is 9.90 Å². The SMILES string of the molecule is CC(O)c1cccc(NC(=O)NCc2cccc(Cl)c2)c1. The van der Waals surface area contributed by atoms with Crippen LogP contribution in [-0.2, 0) is 6.54 Å². The summed E-state index contributed by atoms with van der Waals surface area (Å²) in [5.74, 6) is 0. The molecule has 2 amide bonds. The summed E-state index contributed by atoms with van der Waals surface area (Å²) >= 11 is 5.88. The summed E-state index contributed by atoms with van der Waals surface area (Å²) in [4.78, 5) is 11.8. The van der Waals surface area contributed by atoms with Gasteiger partial charge in [-0.25, -0.2) is 4.79 Å². The Balaban J connectivity index is 1.91. The fourth-order valence-electron chi connectivity index (χ4n) is 1.88. The highest BCUT2D eigenvalue weighted by atomic mass is 35.5. The van der Waals surface area contributed by atoms with E-state index in [4.69, 9.17) is 11.6 Å². The van der Waals surface area contributed by atoms with Gasteiger partial charge in [0.15, 0.2) is 0 Å². The number of anilines is 1. The van der Waals surface area contributed by atoms with Crippen LogP contribution in [0.2, 0.25) is 5.02 Å². The maximum absolute atomic E-state index is 11.8. The number of benzene rings is 2.